The molecule has 4 aliphatic rings. The third-order valence-corrected chi connectivity index (χ3v) is 6.21. The maximum atomic E-state index is 12.9. The standard InChI is InChI=1S/C18H30N2O4/c1-23-5-3-19-15(21)17-8-13-7-14(9-17)11-18(10-13,12-17)16(22)20-4-6-24-2/h13-14H,3-12H2,1-2H3,(H,19,21)(H,20,22). The van der Waals surface area contributed by atoms with E-state index in [1.165, 1.54) is 6.42 Å². The monoisotopic (exact) mass is 338 g/mol. The molecule has 4 saturated carbocycles. The highest BCUT2D eigenvalue weighted by molar-refractivity contribution is 5.88. The molecule has 6 heteroatoms. The fraction of sp³-hybridized carbons (Fsp3) is 0.889. The molecule has 0 heterocycles. The van der Waals surface area contributed by atoms with Crippen LogP contribution >= 0.6 is 0 Å². The summed E-state index contributed by atoms with van der Waals surface area (Å²) in [4.78, 5) is 25.8. The van der Waals surface area contributed by atoms with Crippen LogP contribution in [0.4, 0.5) is 0 Å². The maximum absolute atomic E-state index is 12.9. The summed E-state index contributed by atoms with van der Waals surface area (Å²) in [5.74, 6) is 1.27. The van der Waals surface area contributed by atoms with Gasteiger partial charge in [0.2, 0.25) is 11.8 Å². The Morgan fingerprint density at radius 3 is 1.67 bits per heavy atom. The molecular formula is C18H30N2O4. The minimum atomic E-state index is -0.351. The summed E-state index contributed by atoms with van der Waals surface area (Å²) >= 11 is 0. The van der Waals surface area contributed by atoms with Crippen molar-refractivity contribution in [1.82, 2.24) is 10.6 Å². The topological polar surface area (TPSA) is 76.7 Å². The molecule has 0 spiro atoms. The van der Waals surface area contributed by atoms with E-state index in [2.05, 4.69) is 10.6 Å². The predicted octanol–water partition coefficient (Wildman–Crippen LogP) is 1.10. The smallest absolute Gasteiger partial charge is 0.226 e. The van der Waals surface area contributed by atoms with Crippen molar-refractivity contribution in [2.75, 3.05) is 40.5 Å². The van der Waals surface area contributed by atoms with Crippen LogP contribution in [-0.4, -0.2) is 52.3 Å². The number of carbonyl (C=O) groups excluding carboxylic acids is 2. The second-order valence-corrected chi connectivity index (χ2v) is 8.02. The lowest BCUT2D eigenvalue weighted by Crippen LogP contribution is -2.61. The molecule has 0 aromatic carbocycles. The highest BCUT2D eigenvalue weighted by atomic mass is 16.5. The summed E-state index contributed by atoms with van der Waals surface area (Å²) in [6.07, 6.45) is 5.64. The molecule has 0 saturated heterocycles. The van der Waals surface area contributed by atoms with Gasteiger partial charge in [0.05, 0.1) is 24.0 Å². The SMILES string of the molecule is COCCNC(=O)C12CC3CC(C1)CC(C(=O)NCCOC)(C3)C2. The summed E-state index contributed by atoms with van der Waals surface area (Å²) in [7, 11) is 3.27. The van der Waals surface area contributed by atoms with Gasteiger partial charge in [0, 0.05) is 27.3 Å². The second-order valence-electron chi connectivity index (χ2n) is 8.02. The van der Waals surface area contributed by atoms with Gasteiger partial charge in [-0.3, -0.25) is 9.59 Å². The Labute approximate surface area is 144 Å². The molecule has 136 valence electrons. The van der Waals surface area contributed by atoms with Crippen LogP contribution in [0.25, 0.3) is 0 Å². The summed E-state index contributed by atoms with van der Waals surface area (Å²) in [6, 6.07) is 0. The van der Waals surface area contributed by atoms with Crippen molar-refractivity contribution in [1.29, 1.82) is 0 Å². The van der Waals surface area contributed by atoms with Gasteiger partial charge in [-0.05, 0) is 50.4 Å². The summed E-state index contributed by atoms with van der Waals surface area (Å²) in [5.41, 5.74) is -0.702. The first-order valence-corrected chi connectivity index (χ1v) is 9.08. The number of hydrogen-bond acceptors (Lipinski definition) is 4. The molecule has 2 amide bonds. The second kappa shape index (κ2) is 7.00. The highest BCUT2D eigenvalue weighted by Gasteiger charge is 2.62. The van der Waals surface area contributed by atoms with E-state index < -0.39 is 0 Å². The van der Waals surface area contributed by atoms with E-state index in [1.54, 1.807) is 14.2 Å². The van der Waals surface area contributed by atoms with E-state index in [-0.39, 0.29) is 22.6 Å². The third kappa shape index (κ3) is 3.18. The fourth-order valence-electron chi connectivity index (χ4n) is 5.70. The van der Waals surface area contributed by atoms with Crippen molar-refractivity contribution in [3.8, 4) is 0 Å². The zero-order valence-corrected chi connectivity index (χ0v) is 14.9. The molecule has 0 aromatic rings. The first-order chi connectivity index (χ1) is 11.5. The molecule has 4 bridgehead atoms. The Bertz CT molecular complexity index is 439. The van der Waals surface area contributed by atoms with Crippen LogP contribution in [0.15, 0.2) is 0 Å². The lowest BCUT2D eigenvalue weighted by Gasteiger charge is -2.60. The molecule has 0 atom stereocenters. The van der Waals surface area contributed by atoms with Gasteiger partial charge < -0.3 is 20.1 Å². The molecule has 24 heavy (non-hydrogen) atoms. The Kier molecular flexibility index (Phi) is 5.16. The van der Waals surface area contributed by atoms with Crippen LogP contribution in [-0.2, 0) is 19.1 Å². The van der Waals surface area contributed by atoms with E-state index >= 15 is 0 Å². The minimum Gasteiger partial charge on any atom is -0.383 e. The molecule has 0 radical (unpaired) electrons. The number of carbonyl (C=O) groups is 2. The van der Waals surface area contributed by atoms with Gasteiger partial charge in [-0.1, -0.05) is 0 Å². The van der Waals surface area contributed by atoms with Crippen molar-refractivity contribution >= 4 is 11.8 Å². The van der Waals surface area contributed by atoms with Gasteiger partial charge in [-0.25, -0.2) is 0 Å². The molecule has 4 fully saturated rings. The molecule has 0 unspecified atom stereocenters. The highest BCUT2D eigenvalue weighted by Crippen LogP contribution is 2.65. The lowest BCUT2D eigenvalue weighted by atomic mass is 9.43. The molecule has 4 rings (SSSR count). The molecule has 0 aromatic heterocycles. The summed E-state index contributed by atoms with van der Waals surface area (Å²) in [5, 5.41) is 6.07. The quantitative estimate of drug-likeness (QED) is 0.650. The van der Waals surface area contributed by atoms with E-state index in [9.17, 15) is 9.59 Å². The lowest BCUT2D eigenvalue weighted by molar-refractivity contribution is -0.167. The van der Waals surface area contributed by atoms with Crippen molar-refractivity contribution in [2.24, 2.45) is 22.7 Å². The van der Waals surface area contributed by atoms with Crippen LogP contribution < -0.4 is 10.6 Å². The van der Waals surface area contributed by atoms with Gasteiger partial charge in [0.1, 0.15) is 0 Å². The molecule has 2 N–H and O–H groups in total. The normalized spacial score (nSPS) is 36.6. The van der Waals surface area contributed by atoms with Crippen molar-refractivity contribution in [2.45, 2.75) is 38.5 Å². The Morgan fingerprint density at radius 1 is 0.875 bits per heavy atom. The number of ether oxygens (including phenoxy) is 2. The predicted molar refractivity (Wildman–Crippen MR) is 89.3 cm³/mol. The fourth-order valence-corrected chi connectivity index (χ4v) is 5.70. The van der Waals surface area contributed by atoms with E-state index in [0.717, 1.165) is 25.7 Å². The molecule has 4 aliphatic carbocycles. The largest absolute Gasteiger partial charge is 0.383 e. The van der Waals surface area contributed by atoms with Crippen molar-refractivity contribution in [3.05, 3.63) is 0 Å². The first kappa shape index (κ1) is 17.7. The van der Waals surface area contributed by atoms with Gasteiger partial charge in [0.15, 0.2) is 0 Å². The molecular weight excluding hydrogens is 308 g/mol. The zero-order chi connectivity index (χ0) is 17.2. The Morgan fingerprint density at radius 2 is 1.29 bits per heavy atom. The van der Waals surface area contributed by atoms with Crippen LogP contribution in [0.3, 0.4) is 0 Å². The van der Waals surface area contributed by atoms with E-state index in [1.807, 2.05) is 0 Å². The number of rotatable bonds is 8. The van der Waals surface area contributed by atoms with Gasteiger partial charge in [-0.2, -0.15) is 0 Å². The molecule has 6 nitrogen and oxygen atoms in total. The first-order valence-electron chi connectivity index (χ1n) is 9.08. The number of methoxy groups -OCH3 is 2. The number of nitrogens with one attached hydrogen (secondary N) is 2. The van der Waals surface area contributed by atoms with E-state index in [4.69, 9.17) is 9.47 Å². The number of amides is 2. The maximum Gasteiger partial charge on any atom is 0.226 e. The minimum absolute atomic E-state index is 0.128. The van der Waals surface area contributed by atoms with Crippen molar-refractivity contribution in [3.63, 3.8) is 0 Å². The van der Waals surface area contributed by atoms with Gasteiger partial charge in [0.25, 0.3) is 0 Å². The van der Waals surface area contributed by atoms with E-state index in [0.29, 0.717) is 44.6 Å². The van der Waals surface area contributed by atoms with Crippen LogP contribution in [0.5, 0.6) is 0 Å². The third-order valence-electron chi connectivity index (χ3n) is 6.21. The van der Waals surface area contributed by atoms with Crippen molar-refractivity contribution < 1.29 is 19.1 Å². The van der Waals surface area contributed by atoms with Crippen LogP contribution in [0.2, 0.25) is 0 Å². The van der Waals surface area contributed by atoms with Gasteiger partial charge >= 0.3 is 0 Å². The summed E-state index contributed by atoms with van der Waals surface area (Å²) < 4.78 is 10.1. The molecule has 0 aliphatic heterocycles. The van der Waals surface area contributed by atoms with Crippen LogP contribution in [0, 0.1) is 22.7 Å². The average molecular weight is 338 g/mol. The zero-order valence-electron chi connectivity index (χ0n) is 14.9. The Balaban J connectivity index is 1.72. The number of hydrogen-bond donors (Lipinski definition) is 2. The Hall–Kier alpha value is -1.14. The van der Waals surface area contributed by atoms with Gasteiger partial charge in [-0.15, -0.1) is 0 Å². The summed E-state index contributed by atoms with van der Waals surface area (Å²) in [6.45, 7) is 2.13. The van der Waals surface area contributed by atoms with Crippen LogP contribution in [0.1, 0.15) is 38.5 Å². The average Bonchev–Trinajstić information content (AvgIpc) is 2.54.